The second-order valence-electron chi connectivity index (χ2n) is 7.50. The number of hydrogen-bond donors (Lipinski definition) is 0. The number of piperazine rings is 1. The van der Waals surface area contributed by atoms with Crippen LogP contribution in [-0.4, -0.2) is 65.9 Å². The summed E-state index contributed by atoms with van der Waals surface area (Å²) in [5.41, 5.74) is 2.15. The van der Waals surface area contributed by atoms with Crippen LogP contribution in [0, 0.1) is 13.8 Å². The lowest BCUT2D eigenvalue weighted by Gasteiger charge is -2.34. The van der Waals surface area contributed by atoms with Gasteiger partial charge in [-0.25, -0.2) is 0 Å². The molecule has 0 N–H and O–H groups in total. The first-order valence-corrected chi connectivity index (χ1v) is 9.89. The van der Waals surface area contributed by atoms with Crippen molar-refractivity contribution in [3.63, 3.8) is 0 Å². The molecular weight excluding hydrogens is 356 g/mol. The van der Waals surface area contributed by atoms with Gasteiger partial charge in [-0.15, -0.1) is 0 Å². The van der Waals surface area contributed by atoms with Crippen molar-refractivity contribution in [1.29, 1.82) is 0 Å². The van der Waals surface area contributed by atoms with Gasteiger partial charge in [0.05, 0.1) is 5.56 Å². The molecule has 2 fully saturated rings. The zero-order valence-corrected chi connectivity index (χ0v) is 16.5. The van der Waals surface area contributed by atoms with Gasteiger partial charge in [0.25, 0.3) is 11.8 Å². The van der Waals surface area contributed by atoms with Gasteiger partial charge in [-0.05, 0) is 44.9 Å². The normalized spacial score (nSPS) is 17.3. The molecule has 148 valence electrons. The van der Waals surface area contributed by atoms with Crippen LogP contribution in [0.2, 0.25) is 0 Å². The number of rotatable bonds is 3. The molecule has 2 saturated heterocycles. The summed E-state index contributed by atoms with van der Waals surface area (Å²) < 4.78 is 5.47. The van der Waals surface area contributed by atoms with E-state index in [0.717, 1.165) is 24.5 Å². The molecule has 0 spiro atoms. The van der Waals surface area contributed by atoms with Gasteiger partial charge in [0.2, 0.25) is 0 Å². The smallest absolute Gasteiger partial charge is 0.272 e. The Morgan fingerprint density at radius 1 is 0.929 bits per heavy atom. The van der Waals surface area contributed by atoms with Crippen molar-refractivity contribution in [2.24, 2.45) is 0 Å². The number of hydrogen-bond acceptors (Lipinski definition) is 5. The van der Waals surface area contributed by atoms with Crippen molar-refractivity contribution >= 4 is 17.5 Å². The van der Waals surface area contributed by atoms with E-state index in [9.17, 15) is 9.59 Å². The minimum atomic E-state index is -0.0662. The molecule has 2 aromatic heterocycles. The summed E-state index contributed by atoms with van der Waals surface area (Å²) in [6.45, 7) is 7.76. The Hall–Kier alpha value is -2.83. The Balaban J connectivity index is 1.39. The highest BCUT2D eigenvalue weighted by Gasteiger charge is 2.28. The Morgan fingerprint density at radius 2 is 1.57 bits per heavy atom. The maximum Gasteiger partial charge on any atom is 0.272 e. The Bertz CT molecular complexity index is 878. The third kappa shape index (κ3) is 3.61. The molecule has 2 amide bonds. The van der Waals surface area contributed by atoms with Crippen molar-refractivity contribution in [3.05, 3.63) is 47.2 Å². The molecule has 0 aliphatic carbocycles. The van der Waals surface area contributed by atoms with Crippen LogP contribution in [0.4, 0.5) is 5.69 Å². The lowest BCUT2D eigenvalue weighted by molar-refractivity contribution is 0.0531. The highest BCUT2D eigenvalue weighted by Crippen LogP contribution is 2.21. The molecule has 0 radical (unpaired) electrons. The molecule has 2 aliphatic heterocycles. The van der Waals surface area contributed by atoms with Gasteiger partial charge in [-0.3, -0.25) is 14.6 Å². The van der Waals surface area contributed by atoms with Crippen LogP contribution in [-0.2, 0) is 0 Å². The number of pyridine rings is 1. The van der Waals surface area contributed by atoms with Gasteiger partial charge < -0.3 is 19.1 Å². The molecule has 0 aromatic carbocycles. The second kappa shape index (κ2) is 7.66. The van der Waals surface area contributed by atoms with Crippen molar-refractivity contribution in [3.8, 4) is 0 Å². The van der Waals surface area contributed by atoms with E-state index in [1.165, 1.54) is 12.8 Å². The predicted octanol–water partition coefficient (Wildman–Crippen LogP) is 2.49. The quantitative estimate of drug-likeness (QED) is 0.816. The van der Waals surface area contributed by atoms with E-state index in [2.05, 4.69) is 9.88 Å². The number of aromatic nitrogens is 1. The predicted molar refractivity (Wildman–Crippen MR) is 106 cm³/mol. The minimum absolute atomic E-state index is 0.0318. The number of carbonyl (C=O) groups is 2. The zero-order valence-electron chi connectivity index (χ0n) is 16.5. The van der Waals surface area contributed by atoms with Crippen LogP contribution < -0.4 is 4.90 Å². The summed E-state index contributed by atoms with van der Waals surface area (Å²) in [6, 6.07) is 5.64. The Kier molecular flexibility index (Phi) is 5.07. The third-order valence-electron chi connectivity index (χ3n) is 5.56. The van der Waals surface area contributed by atoms with Crippen LogP contribution >= 0.6 is 0 Å². The molecule has 4 heterocycles. The van der Waals surface area contributed by atoms with E-state index in [0.29, 0.717) is 43.2 Å². The monoisotopic (exact) mass is 382 g/mol. The summed E-state index contributed by atoms with van der Waals surface area (Å²) in [5.74, 6) is 1.28. The number of aryl methyl sites for hydroxylation is 2. The number of nitrogens with zero attached hydrogens (tertiary/aromatic N) is 4. The third-order valence-corrected chi connectivity index (χ3v) is 5.56. The molecule has 7 nitrogen and oxygen atoms in total. The van der Waals surface area contributed by atoms with Crippen LogP contribution in [0.25, 0.3) is 0 Å². The zero-order chi connectivity index (χ0) is 19.7. The van der Waals surface area contributed by atoms with Crippen molar-refractivity contribution < 1.29 is 14.0 Å². The average Bonchev–Trinajstić information content (AvgIpc) is 3.37. The second-order valence-corrected chi connectivity index (χ2v) is 7.50. The van der Waals surface area contributed by atoms with Gasteiger partial charge in [-0.2, -0.15) is 0 Å². The standard InChI is InChI=1S/C21H26N4O3/c1-15-13-18(16(2)28-15)20(26)24-9-11-25(12-10-24)21(27)19-14-17(5-6-22-19)23-7-3-4-8-23/h5-6,13-14H,3-4,7-12H2,1-2H3. The van der Waals surface area contributed by atoms with Crippen molar-refractivity contribution in [2.75, 3.05) is 44.2 Å². The topological polar surface area (TPSA) is 69.9 Å². The molecule has 0 atom stereocenters. The van der Waals surface area contributed by atoms with Gasteiger partial charge in [-0.1, -0.05) is 0 Å². The number of anilines is 1. The average molecular weight is 382 g/mol. The highest BCUT2D eigenvalue weighted by atomic mass is 16.3. The van der Waals surface area contributed by atoms with E-state index in [1.54, 1.807) is 29.0 Å². The highest BCUT2D eigenvalue weighted by molar-refractivity contribution is 5.96. The van der Waals surface area contributed by atoms with E-state index in [1.807, 2.05) is 19.1 Å². The van der Waals surface area contributed by atoms with E-state index in [-0.39, 0.29) is 11.8 Å². The van der Waals surface area contributed by atoms with E-state index >= 15 is 0 Å². The molecule has 2 aliphatic rings. The fourth-order valence-electron chi connectivity index (χ4n) is 4.00. The van der Waals surface area contributed by atoms with Crippen molar-refractivity contribution in [2.45, 2.75) is 26.7 Å². The first-order valence-electron chi connectivity index (χ1n) is 9.89. The summed E-state index contributed by atoms with van der Waals surface area (Å²) >= 11 is 0. The van der Waals surface area contributed by atoms with Gasteiger partial charge >= 0.3 is 0 Å². The van der Waals surface area contributed by atoms with Crippen molar-refractivity contribution in [1.82, 2.24) is 14.8 Å². The maximum atomic E-state index is 12.9. The fourth-order valence-corrected chi connectivity index (χ4v) is 4.00. The molecule has 2 aromatic rings. The summed E-state index contributed by atoms with van der Waals surface area (Å²) in [7, 11) is 0. The summed E-state index contributed by atoms with van der Waals surface area (Å²) in [5, 5.41) is 0. The maximum absolute atomic E-state index is 12.9. The SMILES string of the molecule is Cc1cc(C(=O)N2CCN(C(=O)c3cc(N4CCCC4)ccn3)CC2)c(C)o1. The lowest BCUT2D eigenvalue weighted by atomic mass is 10.2. The molecule has 0 unspecified atom stereocenters. The molecule has 0 bridgehead atoms. The van der Waals surface area contributed by atoms with Crippen LogP contribution in [0.5, 0.6) is 0 Å². The van der Waals surface area contributed by atoms with Crippen LogP contribution in [0.1, 0.15) is 45.2 Å². The first-order chi connectivity index (χ1) is 13.5. The molecular formula is C21H26N4O3. The van der Waals surface area contributed by atoms with E-state index in [4.69, 9.17) is 4.42 Å². The lowest BCUT2D eigenvalue weighted by Crippen LogP contribution is -2.50. The van der Waals surface area contributed by atoms with Gasteiger partial charge in [0.1, 0.15) is 17.2 Å². The largest absolute Gasteiger partial charge is 0.466 e. The van der Waals surface area contributed by atoms with Gasteiger partial charge in [0, 0.05) is 51.2 Å². The molecule has 4 rings (SSSR count). The number of amides is 2. The minimum Gasteiger partial charge on any atom is -0.466 e. The first kappa shape index (κ1) is 18.5. The van der Waals surface area contributed by atoms with E-state index < -0.39 is 0 Å². The Morgan fingerprint density at radius 3 is 2.18 bits per heavy atom. The van der Waals surface area contributed by atoms with Crippen LogP contribution in [0.3, 0.4) is 0 Å². The molecule has 28 heavy (non-hydrogen) atoms. The van der Waals surface area contributed by atoms with Crippen LogP contribution in [0.15, 0.2) is 28.8 Å². The number of furan rings is 1. The molecule has 0 saturated carbocycles. The Labute approximate surface area is 164 Å². The summed E-state index contributed by atoms with van der Waals surface area (Å²) in [4.78, 5) is 35.8. The number of carbonyl (C=O) groups excluding carboxylic acids is 2. The fraction of sp³-hybridized carbons (Fsp3) is 0.476. The summed E-state index contributed by atoms with van der Waals surface area (Å²) in [6.07, 6.45) is 4.10. The molecule has 7 heteroatoms. The van der Waals surface area contributed by atoms with Gasteiger partial charge in [0.15, 0.2) is 0 Å².